The van der Waals surface area contributed by atoms with Crippen LogP contribution in [0.4, 0.5) is 4.39 Å². The molecular formula is C10H9Br2FO. The van der Waals surface area contributed by atoms with Gasteiger partial charge in [-0.15, -0.1) is 0 Å². The third-order valence-corrected chi connectivity index (χ3v) is 4.49. The van der Waals surface area contributed by atoms with E-state index in [1.54, 1.807) is 0 Å². The second-order valence-electron chi connectivity index (χ2n) is 3.49. The molecule has 1 aromatic rings. The van der Waals surface area contributed by atoms with Crippen LogP contribution in [0.2, 0.25) is 0 Å². The molecule has 3 unspecified atom stereocenters. The average molecular weight is 324 g/mol. The van der Waals surface area contributed by atoms with Crippen molar-refractivity contribution >= 4 is 31.9 Å². The van der Waals surface area contributed by atoms with E-state index in [0.29, 0.717) is 0 Å². The summed E-state index contributed by atoms with van der Waals surface area (Å²) >= 11 is 6.73. The average Bonchev–Trinajstić information content (AvgIpc) is 2.81. The minimum absolute atomic E-state index is 0.0699. The molecule has 0 aliphatic heterocycles. The van der Waals surface area contributed by atoms with E-state index in [2.05, 4.69) is 31.9 Å². The Morgan fingerprint density at radius 1 is 1.29 bits per heavy atom. The molecule has 1 aromatic carbocycles. The Hall–Kier alpha value is 0.0700. The lowest BCUT2D eigenvalue weighted by atomic mass is 10.1. The largest absolute Gasteiger partial charge is 0.396 e. The van der Waals surface area contributed by atoms with Gasteiger partial charge in [-0.3, -0.25) is 0 Å². The number of rotatable bonds is 2. The number of hydrogen-bond donors (Lipinski definition) is 1. The first-order valence-corrected chi connectivity index (χ1v) is 5.93. The number of aliphatic hydroxyl groups excluding tert-OH is 1. The van der Waals surface area contributed by atoms with E-state index in [0.717, 1.165) is 14.5 Å². The van der Waals surface area contributed by atoms with Crippen LogP contribution in [0, 0.1) is 5.92 Å². The fraction of sp³-hybridized carbons (Fsp3) is 0.400. The van der Waals surface area contributed by atoms with E-state index in [4.69, 9.17) is 5.11 Å². The number of aliphatic hydroxyl groups is 1. The van der Waals surface area contributed by atoms with Crippen molar-refractivity contribution in [3.63, 3.8) is 0 Å². The molecule has 2 rings (SSSR count). The van der Waals surface area contributed by atoms with Gasteiger partial charge in [0.1, 0.15) is 6.17 Å². The molecule has 76 valence electrons. The zero-order chi connectivity index (χ0) is 10.3. The lowest BCUT2D eigenvalue weighted by Gasteiger charge is -2.01. The molecule has 0 radical (unpaired) electrons. The van der Waals surface area contributed by atoms with Crippen molar-refractivity contribution in [1.82, 2.24) is 0 Å². The first-order valence-electron chi connectivity index (χ1n) is 4.35. The maximum atomic E-state index is 13.2. The van der Waals surface area contributed by atoms with Crippen LogP contribution in [-0.2, 0) is 0 Å². The second-order valence-corrected chi connectivity index (χ2v) is 5.20. The van der Waals surface area contributed by atoms with Crippen LogP contribution in [0.15, 0.2) is 27.1 Å². The van der Waals surface area contributed by atoms with Gasteiger partial charge in [0.05, 0.1) is 0 Å². The van der Waals surface area contributed by atoms with Gasteiger partial charge in [0, 0.05) is 27.4 Å². The molecule has 1 nitrogen and oxygen atoms in total. The molecule has 1 N–H and O–H groups in total. The van der Waals surface area contributed by atoms with Crippen molar-refractivity contribution in [2.75, 3.05) is 6.61 Å². The summed E-state index contributed by atoms with van der Waals surface area (Å²) in [6.45, 7) is -0.0699. The van der Waals surface area contributed by atoms with E-state index in [9.17, 15) is 4.39 Å². The molecule has 1 fully saturated rings. The molecular weight excluding hydrogens is 315 g/mol. The highest BCUT2D eigenvalue weighted by molar-refractivity contribution is 9.13. The van der Waals surface area contributed by atoms with Crippen molar-refractivity contribution in [2.45, 2.75) is 12.1 Å². The standard InChI is InChI=1S/C10H9Br2FO/c11-7-2-1-5(3-8(7)12)9-6(4-14)10(9)13/h1-3,6,9-10,14H,4H2. The molecule has 1 aliphatic rings. The topological polar surface area (TPSA) is 20.2 Å². The van der Waals surface area contributed by atoms with Crippen molar-refractivity contribution in [2.24, 2.45) is 5.92 Å². The lowest BCUT2D eigenvalue weighted by Crippen LogP contribution is -1.88. The Balaban J connectivity index is 2.23. The van der Waals surface area contributed by atoms with Gasteiger partial charge in [0.15, 0.2) is 0 Å². The Kier molecular flexibility index (Phi) is 2.96. The monoisotopic (exact) mass is 322 g/mol. The van der Waals surface area contributed by atoms with E-state index < -0.39 is 6.17 Å². The van der Waals surface area contributed by atoms with Crippen LogP contribution in [0.25, 0.3) is 0 Å². The summed E-state index contributed by atoms with van der Waals surface area (Å²) in [5.41, 5.74) is 0.951. The Morgan fingerprint density at radius 2 is 2.00 bits per heavy atom. The summed E-state index contributed by atoms with van der Waals surface area (Å²) in [6.07, 6.45) is -0.881. The van der Waals surface area contributed by atoms with E-state index in [1.165, 1.54) is 0 Å². The third kappa shape index (κ3) is 1.75. The minimum Gasteiger partial charge on any atom is -0.396 e. The molecule has 1 aliphatic carbocycles. The zero-order valence-corrected chi connectivity index (χ0v) is 10.4. The van der Waals surface area contributed by atoms with E-state index >= 15 is 0 Å². The van der Waals surface area contributed by atoms with Crippen molar-refractivity contribution in [3.05, 3.63) is 32.7 Å². The van der Waals surface area contributed by atoms with Crippen molar-refractivity contribution in [3.8, 4) is 0 Å². The first-order chi connectivity index (χ1) is 6.65. The van der Waals surface area contributed by atoms with Crippen molar-refractivity contribution in [1.29, 1.82) is 0 Å². The van der Waals surface area contributed by atoms with E-state index in [-0.39, 0.29) is 18.4 Å². The molecule has 0 aromatic heterocycles. The van der Waals surface area contributed by atoms with Crippen LogP contribution in [-0.4, -0.2) is 17.9 Å². The number of benzene rings is 1. The van der Waals surface area contributed by atoms with E-state index in [1.807, 2.05) is 18.2 Å². The molecule has 0 heterocycles. The summed E-state index contributed by atoms with van der Waals surface area (Å²) in [5, 5.41) is 8.87. The quantitative estimate of drug-likeness (QED) is 0.885. The second kappa shape index (κ2) is 3.91. The van der Waals surface area contributed by atoms with Gasteiger partial charge in [0.2, 0.25) is 0 Å². The predicted molar refractivity (Wildman–Crippen MR) is 60.1 cm³/mol. The maximum Gasteiger partial charge on any atom is 0.113 e. The number of alkyl halides is 1. The summed E-state index contributed by atoms with van der Waals surface area (Å²) in [5.74, 6) is -0.326. The highest BCUT2D eigenvalue weighted by atomic mass is 79.9. The normalized spacial score (nSPS) is 30.4. The minimum atomic E-state index is -0.881. The maximum absolute atomic E-state index is 13.2. The first kappa shape index (κ1) is 10.6. The molecule has 0 saturated heterocycles. The molecule has 14 heavy (non-hydrogen) atoms. The Morgan fingerprint density at radius 3 is 2.50 bits per heavy atom. The zero-order valence-electron chi connectivity index (χ0n) is 7.25. The summed E-state index contributed by atoms with van der Waals surface area (Å²) < 4.78 is 15.0. The van der Waals surface area contributed by atoms with Gasteiger partial charge in [-0.05, 0) is 49.6 Å². The Labute approximate surface area is 98.6 Å². The molecule has 0 spiro atoms. The molecule has 3 atom stereocenters. The van der Waals surface area contributed by atoms with Crippen LogP contribution in [0.1, 0.15) is 11.5 Å². The third-order valence-electron chi connectivity index (χ3n) is 2.61. The lowest BCUT2D eigenvalue weighted by molar-refractivity contribution is 0.257. The van der Waals surface area contributed by atoms with Gasteiger partial charge < -0.3 is 5.11 Å². The Bertz CT molecular complexity index is 356. The van der Waals surface area contributed by atoms with Crippen LogP contribution in [0.5, 0.6) is 0 Å². The van der Waals surface area contributed by atoms with Crippen LogP contribution in [0.3, 0.4) is 0 Å². The SMILES string of the molecule is OCC1C(F)C1c1ccc(Br)c(Br)c1. The number of hydrogen-bond acceptors (Lipinski definition) is 1. The summed E-state index contributed by atoms with van der Waals surface area (Å²) in [7, 11) is 0. The van der Waals surface area contributed by atoms with Crippen LogP contribution < -0.4 is 0 Å². The number of halogens is 3. The fourth-order valence-electron chi connectivity index (χ4n) is 1.70. The van der Waals surface area contributed by atoms with Gasteiger partial charge in [-0.1, -0.05) is 6.07 Å². The summed E-state index contributed by atoms with van der Waals surface area (Å²) in [4.78, 5) is 0. The van der Waals surface area contributed by atoms with Gasteiger partial charge >= 0.3 is 0 Å². The molecule has 4 heteroatoms. The van der Waals surface area contributed by atoms with Gasteiger partial charge in [-0.25, -0.2) is 4.39 Å². The highest BCUT2D eigenvalue weighted by Crippen LogP contribution is 2.50. The molecule has 0 bridgehead atoms. The predicted octanol–water partition coefficient (Wildman–Crippen LogP) is 3.26. The smallest absolute Gasteiger partial charge is 0.113 e. The highest BCUT2D eigenvalue weighted by Gasteiger charge is 2.51. The van der Waals surface area contributed by atoms with Crippen LogP contribution >= 0.6 is 31.9 Å². The van der Waals surface area contributed by atoms with Crippen molar-refractivity contribution < 1.29 is 9.50 Å². The molecule has 1 saturated carbocycles. The fourth-order valence-corrected chi connectivity index (χ4v) is 2.34. The molecule has 0 amide bonds. The summed E-state index contributed by atoms with van der Waals surface area (Å²) in [6, 6.07) is 5.68. The van der Waals surface area contributed by atoms with Gasteiger partial charge in [0.25, 0.3) is 0 Å². The van der Waals surface area contributed by atoms with Gasteiger partial charge in [-0.2, -0.15) is 0 Å².